The normalized spacial score (nSPS) is 11.4. The first-order valence-corrected chi connectivity index (χ1v) is 3.59. The number of aromatic nitrogens is 2. The van der Waals surface area contributed by atoms with Crippen molar-refractivity contribution in [2.45, 2.75) is 6.18 Å². The molecular formula is C6H3ClF3N3O. The number of hydrogen-bond acceptors (Lipinski definition) is 3. The minimum Gasteiger partial charge on any atom is -0.365 e. The van der Waals surface area contributed by atoms with Crippen molar-refractivity contribution in [3.8, 4) is 0 Å². The van der Waals surface area contributed by atoms with Gasteiger partial charge in [-0.3, -0.25) is 4.79 Å². The van der Waals surface area contributed by atoms with Gasteiger partial charge in [0.15, 0.2) is 0 Å². The lowest BCUT2D eigenvalue weighted by Gasteiger charge is -2.05. The lowest BCUT2D eigenvalue weighted by Crippen LogP contribution is -2.16. The predicted molar refractivity (Wildman–Crippen MR) is 40.6 cm³/mol. The molecule has 1 heterocycles. The number of amides is 1. The number of hydrogen-bond donors (Lipinski definition) is 1. The van der Waals surface area contributed by atoms with E-state index < -0.39 is 23.1 Å². The summed E-state index contributed by atoms with van der Waals surface area (Å²) in [5, 5.41) is -0.611. The molecule has 0 saturated heterocycles. The predicted octanol–water partition coefficient (Wildman–Crippen LogP) is 1.25. The fraction of sp³-hybridized carbons (Fsp3) is 0.167. The molecule has 0 atom stereocenters. The molecule has 2 N–H and O–H groups in total. The van der Waals surface area contributed by atoms with Gasteiger partial charge in [-0.05, 0) is 0 Å². The summed E-state index contributed by atoms with van der Waals surface area (Å²) in [5.74, 6) is -2.39. The number of primary amides is 1. The van der Waals surface area contributed by atoms with E-state index in [0.29, 0.717) is 6.20 Å². The Morgan fingerprint density at radius 2 is 2.07 bits per heavy atom. The number of rotatable bonds is 1. The minimum atomic E-state index is -4.69. The summed E-state index contributed by atoms with van der Waals surface area (Å²) in [7, 11) is 0. The quantitative estimate of drug-likeness (QED) is 0.732. The van der Waals surface area contributed by atoms with Crippen LogP contribution in [0.15, 0.2) is 6.20 Å². The first-order valence-electron chi connectivity index (χ1n) is 3.22. The molecule has 1 amide bonds. The second-order valence-corrected chi connectivity index (χ2v) is 2.62. The van der Waals surface area contributed by atoms with Crippen molar-refractivity contribution in [3.05, 3.63) is 22.7 Å². The van der Waals surface area contributed by atoms with Crippen LogP contribution in [0.5, 0.6) is 0 Å². The molecule has 0 aliphatic heterocycles. The van der Waals surface area contributed by atoms with Crippen molar-refractivity contribution in [1.29, 1.82) is 0 Å². The summed E-state index contributed by atoms with van der Waals surface area (Å²) < 4.78 is 36.0. The van der Waals surface area contributed by atoms with Gasteiger partial charge in [0.25, 0.3) is 5.91 Å². The maximum atomic E-state index is 12.0. The van der Waals surface area contributed by atoms with Crippen molar-refractivity contribution >= 4 is 17.5 Å². The zero-order valence-corrected chi connectivity index (χ0v) is 7.23. The van der Waals surface area contributed by atoms with Crippen LogP contribution in [0, 0.1) is 0 Å². The van der Waals surface area contributed by atoms with Crippen LogP contribution in [-0.4, -0.2) is 15.9 Å². The van der Waals surface area contributed by atoms with E-state index in [2.05, 4.69) is 9.97 Å². The molecular weight excluding hydrogens is 223 g/mol. The Morgan fingerprint density at radius 3 is 2.43 bits per heavy atom. The highest BCUT2D eigenvalue weighted by Gasteiger charge is 2.35. The lowest BCUT2D eigenvalue weighted by molar-refractivity contribution is -0.145. The van der Waals surface area contributed by atoms with Crippen LogP contribution in [-0.2, 0) is 6.18 Å². The highest BCUT2D eigenvalue weighted by molar-refractivity contribution is 6.32. The Hall–Kier alpha value is -1.37. The van der Waals surface area contributed by atoms with E-state index in [9.17, 15) is 18.0 Å². The van der Waals surface area contributed by atoms with E-state index in [-0.39, 0.29) is 5.56 Å². The van der Waals surface area contributed by atoms with Crippen molar-refractivity contribution in [3.63, 3.8) is 0 Å². The van der Waals surface area contributed by atoms with Gasteiger partial charge >= 0.3 is 6.18 Å². The molecule has 0 aliphatic carbocycles. The van der Waals surface area contributed by atoms with Crippen LogP contribution in [0.1, 0.15) is 16.2 Å². The third-order valence-corrected chi connectivity index (χ3v) is 1.55. The molecule has 0 aromatic carbocycles. The molecule has 8 heteroatoms. The molecule has 0 spiro atoms. The number of alkyl halides is 3. The van der Waals surface area contributed by atoms with Gasteiger partial charge in [-0.25, -0.2) is 9.97 Å². The average molecular weight is 226 g/mol. The Labute approximate surface area is 80.9 Å². The van der Waals surface area contributed by atoms with Crippen molar-refractivity contribution < 1.29 is 18.0 Å². The van der Waals surface area contributed by atoms with Gasteiger partial charge < -0.3 is 5.73 Å². The molecule has 1 aromatic heterocycles. The van der Waals surface area contributed by atoms with Gasteiger partial charge in [0.1, 0.15) is 5.15 Å². The summed E-state index contributed by atoms with van der Waals surface area (Å²) in [5.41, 5.74) is 4.44. The number of nitrogens with zero attached hydrogens (tertiary/aromatic N) is 2. The molecule has 0 fully saturated rings. The molecule has 1 aromatic rings. The topological polar surface area (TPSA) is 68.9 Å². The van der Waals surface area contributed by atoms with Crippen molar-refractivity contribution in [1.82, 2.24) is 9.97 Å². The van der Waals surface area contributed by atoms with E-state index in [4.69, 9.17) is 17.3 Å². The fourth-order valence-corrected chi connectivity index (χ4v) is 0.885. The van der Waals surface area contributed by atoms with Gasteiger partial charge in [-0.15, -0.1) is 0 Å². The number of carbonyl (C=O) groups excluding carboxylic acids is 1. The smallest absolute Gasteiger partial charge is 0.365 e. The van der Waals surface area contributed by atoms with Crippen LogP contribution >= 0.6 is 11.6 Å². The number of halogens is 4. The number of nitrogens with two attached hydrogens (primary N) is 1. The highest BCUT2D eigenvalue weighted by Crippen LogP contribution is 2.27. The summed E-state index contributed by atoms with van der Waals surface area (Å²) in [6.07, 6.45) is -4.06. The Kier molecular flexibility index (Phi) is 2.61. The maximum Gasteiger partial charge on any atom is 0.451 e. The SMILES string of the molecule is NC(=O)c1cnc(C(F)(F)F)nc1Cl. The summed E-state index contributed by atoms with van der Waals surface area (Å²) in [6.45, 7) is 0. The average Bonchev–Trinajstić information content (AvgIpc) is 2.01. The molecule has 0 saturated carbocycles. The van der Waals surface area contributed by atoms with E-state index >= 15 is 0 Å². The molecule has 0 unspecified atom stereocenters. The third kappa shape index (κ3) is 2.11. The molecule has 0 bridgehead atoms. The first-order chi connectivity index (χ1) is 6.32. The van der Waals surface area contributed by atoms with Crippen molar-refractivity contribution in [2.75, 3.05) is 0 Å². The van der Waals surface area contributed by atoms with Gasteiger partial charge in [0.2, 0.25) is 5.82 Å². The Morgan fingerprint density at radius 1 is 1.50 bits per heavy atom. The largest absolute Gasteiger partial charge is 0.451 e. The van der Waals surface area contributed by atoms with E-state index in [1.54, 1.807) is 0 Å². The van der Waals surface area contributed by atoms with Crippen molar-refractivity contribution in [2.24, 2.45) is 5.73 Å². The molecule has 0 aliphatic rings. The standard InChI is InChI=1S/C6H3ClF3N3O/c7-3-2(4(11)14)1-12-5(13-3)6(8,9)10/h1H,(H2,11,14). The van der Waals surface area contributed by atoms with Gasteiger partial charge in [-0.2, -0.15) is 13.2 Å². The Bertz CT molecular complexity index is 379. The fourth-order valence-electron chi connectivity index (χ4n) is 0.663. The monoisotopic (exact) mass is 225 g/mol. The van der Waals surface area contributed by atoms with Crippen LogP contribution < -0.4 is 5.73 Å². The van der Waals surface area contributed by atoms with Crippen LogP contribution in [0.3, 0.4) is 0 Å². The number of carbonyl (C=O) groups is 1. The molecule has 1 rings (SSSR count). The van der Waals surface area contributed by atoms with Gasteiger partial charge in [0.05, 0.1) is 5.56 Å². The Balaban J connectivity index is 3.20. The third-order valence-electron chi connectivity index (χ3n) is 1.26. The summed E-state index contributed by atoms with van der Waals surface area (Å²) in [6, 6.07) is 0. The summed E-state index contributed by atoms with van der Waals surface area (Å²) >= 11 is 5.28. The molecule has 14 heavy (non-hydrogen) atoms. The van der Waals surface area contributed by atoms with E-state index in [0.717, 1.165) is 0 Å². The van der Waals surface area contributed by atoms with Gasteiger partial charge in [-0.1, -0.05) is 11.6 Å². The van der Waals surface area contributed by atoms with Crippen LogP contribution in [0.2, 0.25) is 5.15 Å². The molecule has 0 radical (unpaired) electrons. The van der Waals surface area contributed by atoms with E-state index in [1.165, 1.54) is 0 Å². The first kappa shape index (κ1) is 10.7. The van der Waals surface area contributed by atoms with Crippen LogP contribution in [0.25, 0.3) is 0 Å². The zero-order valence-electron chi connectivity index (χ0n) is 6.47. The lowest BCUT2D eigenvalue weighted by atomic mass is 10.3. The zero-order chi connectivity index (χ0) is 10.9. The highest BCUT2D eigenvalue weighted by atomic mass is 35.5. The van der Waals surface area contributed by atoms with Crippen LogP contribution in [0.4, 0.5) is 13.2 Å². The second kappa shape index (κ2) is 3.41. The van der Waals surface area contributed by atoms with E-state index in [1.807, 2.05) is 0 Å². The molecule has 76 valence electrons. The molecule has 4 nitrogen and oxygen atoms in total. The maximum absolute atomic E-state index is 12.0. The second-order valence-electron chi connectivity index (χ2n) is 2.26. The minimum absolute atomic E-state index is 0.348. The van der Waals surface area contributed by atoms with Gasteiger partial charge in [0, 0.05) is 6.20 Å². The summed E-state index contributed by atoms with van der Waals surface area (Å²) in [4.78, 5) is 16.4.